The average molecular weight is 242 g/mol. The fourth-order valence-corrected chi connectivity index (χ4v) is 2.03. The van der Waals surface area contributed by atoms with Crippen LogP contribution >= 0.6 is 0 Å². The summed E-state index contributed by atoms with van der Waals surface area (Å²) in [4.78, 5) is 11.6. The maximum Gasteiger partial charge on any atom is 0.220 e. The summed E-state index contributed by atoms with van der Waals surface area (Å²) in [5.74, 6) is 0.151. The summed E-state index contributed by atoms with van der Waals surface area (Å²) in [7, 11) is 0. The van der Waals surface area contributed by atoms with E-state index in [-0.39, 0.29) is 17.4 Å². The lowest BCUT2D eigenvalue weighted by molar-refractivity contribution is -0.122. The molecule has 1 atom stereocenters. The first-order valence-electron chi connectivity index (χ1n) is 6.62. The zero-order valence-electron chi connectivity index (χ0n) is 11.1. The third-order valence-electron chi connectivity index (χ3n) is 3.48. The fraction of sp³-hybridized carbons (Fsp3) is 0.923. The van der Waals surface area contributed by atoms with Gasteiger partial charge in [0.2, 0.25) is 5.91 Å². The molecule has 1 rings (SSSR count). The fourth-order valence-electron chi connectivity index (χ4n) is 2.03. The number of amides is 1. The molecular formula is C13H26N2O2. The van der Waals surface area contributed by atoms with Crippen molar-refractivity contribution in [3.8, 4) is 0 Å². The quantitative estimate of drug-likeness (QED) is 0.740. The van der Waals surface area contributed by atoms with Gasteiger partial charge in [0.25, 0.3) is 0 Å². The number of nitrogens with one attached hydrogen (secondary N) is 1. The highest BCUT2D eigenvalue weighted by atomic mass is 16.5. The van der Waals surface area contributed by atoms with Crippen LogP contribution in [0, 0.1) is 5.41 Å². The topological polar surface area (TPSA) is 64.4 Å². The van der Waals surface area contributed by atoms with Crippen molar-refractivity contribution in [1.82, 2.24) is 5.32 Å². The molecule has 0 radical (unpaired) electrons. The molecule has 4 heteroatoms. The molecule has 100 valence electrons. The minimum Gasteiger partial charge on any atom is -0.381 e. The second-order valence-corrected chi connectivity index (χ2v) is 5.57. The predicted octanol–water partition coefficient (Wildman–Crippen LogP) is 1.44. The lowest BCUT2D eigenvalue weighted by Crippen LogP contribution is -2.39. The summed E-state index contributed by atoms with van der Waals surface area (Å²) in [5, 5.41) is 3.03. The molecule has 1 heterocycles. The van der Waals surface area contributed by atoms with Gasteiger partial charge in [-0.3, -0.25) is 4.79 Å². The van der Waals surface area contributed by atoms with Crippen molar-refractivity contribution >= 4 is 5.91 Å². The van der Waals surface area contributed by atoms with Crippen molar-refractivity contribution in [3.05, 3.63) is 0 Å². The minimum atomic E-state index is 0.151. The van der Waals surface area contributed by atoms with E-state index >= 15 is 0 Å². The standard InChI is InChI=1S/C13H26N2O2/c1-11(14)4-3-5-12(16)15-10-13(2)6-8-17-9-7-13/h11H,3-10,14H2,1-2H3,(H,15,16). The van der Waals surface area contributed by atoms with Gasteiger partial charge in [0.1, 0.15) is 0 Å². The van der Waals surface area contributed by atoms with Crippen LogP contribution in [0.5, 0.6) is 0 Å². The van der Waals surface area contributed by atoms with E-state index in [9.17, 15) is 4.79 Å². The van der Waals surface area contributed by atoms with Crippen molar-refractivity contribution in [3.63, 3.8) is 0 Å². The van der Waals surface area contributed by atoms with Gasteiger partial charge in [-0.15, -0.1) is 0 Å². The van der Waals surface area contributed by atoms with Crippen molar-refractivity contribution in [1.29, 1.82) is 0 Å². The summed E-state index contributed by atoms with van der Waals surface area (Å²) in [6.45, 7) is 6.60. The zero-order valence-corrected chi connectivity index (χ0v) is 11.1. The molecule has 0 aromatic carbocycles. The molecule has 0 aromatic heterocycles. The van der Waals surface area contributed by atoms with E-state index in [1.54, 1.807) is 0 Å². The highest BCUT2D eigenvalue weighted by molar-refractivity contribution is 5.75. The van der Waals surface area contributed by atoms with E-state index in [1.165, 1.54) is 0 Å². The monoisotopic (exact) mass is 242 g/mol. The van der Waals surface area contributed by atoms with Crippen LogP contribution in [0.1, 0.15) is 46.0 Å². The van der Waals surface area contributed by atoms with Gasteiger partial charge >= 0.3 is 0 Å². The Morgan fingerprint density at radius 1 is 1.47 bits per heavy atom. The molecule has 1 aliphatic rings. The van der Waals surface area contributed by atoms with Crippen LogP contribution in [0.2, 0.25) is 0 Å². The molecule has 1 unspecified atom stereocenters. The van der Waals surface area contributed by atoms with Crippen LogP contribution in [0.25, 0.3) is 0 Å². The smallest absolute Gasteiger partial charge is 0.220 e. The SMILES string of the molecule is CC(N)CCCC(=O)NCC1(C)CCOCC1. The first-order chi connectivity index (χ1) is 8.02. The molecule has 0 saturated carbocycles. The lowest BCUT2D eigenvalue weighted by atomic mass is 9.82. The number of hydrogen-bond acceptors (Lipinski definition) is 3. The Hall–Kier alpha value is -0.610. The Morgan fingerprint density at radius 2 is 2.12 bits per heavy atom. The molecule has 0 spiro atoms. The molecule has 17 heavy (non-hydrogen) atoms. The van der Waals surface area contributed by atoms with Crippen molar-refractivity contribution in [2.75, 3.05) is 19.8 Å². The molecule has 4 nitrogen and oxygen atoms in total. The number of hydrogen-bond donors (Lipinski definition) is 2. The molecule has 1 fully saturated rings. The van der Waals surface area contributed by atoms with E-state index in [0.717, 1.165) is 45.4 Å². The summed E-state index contributed by atoms with van der Waals surface area (Å²) in [6.07, 6.45) is 4.45. The van der Waals surface area contributed by atoms with E-state index in [1.807, 2.05) is 6.92 Å². The molecule has 1 saturated heterocycles. The molecule has 1 amide bonds. The number of carbonyl (C=O) groups is 1. The van der Waals surface area contributed by atoms with Gasteiger partial charge in [-0.1, -0.05) is 6.92 Å². The first kappa shape index (κ1) is 14.5. The molecule has 0 aromatic rings. The summed E-state index contributed by atoms with van der Waals surface area (Å²) in [5.41, 5.74) is 5.86. The van der Waals surface area contributed by atoms with Gasteiger partial charge in [0.15, 0.2) is 0 Å². The maximum absolute atomic E-state index is 11.6. The number of nitrogens with two attached hydrogens (primary N) is 1. The normalized spacial score (nSPS) is 20.9. The van der Waals surface area contributed by atoms with Crippen LogP contribution in [0.15, 0.2) is 0 Å². The third-order valence-corrected chi connectivity index (χ3v) is 3.48. The van der Waals surface area contributed by atoms with Crippen molar-refractivity contribution < 1.29 is 9.53 Å². The van der Waals surface area contributed by atoms with E-state index in [2.05, 4.69) is 12.2 Å². The van der Waals surface area contributed by atoms with E-state index in [0.29, 0.717) is 6.42 Å². The van der Waals surface area contributed by atoms with Crippen LogP contribution in [-0.2, 0) is 9.53 Å². The van der Waals surface area contributed by atoms with Gasteiger partial charge in [0, 0.05) is 32.2 Å². The number of ether oxygens (including phenoxy) is 1. The van der Waals surface area contributed by atoms with Gasteiger partial charge in [-0.05, 0) is 38.0 Å². The second kappa shape index (κ2) is 6.97. The molecule has 3 N–H and O–H groups in total. The van der Waals surface area contributed by atoms with Gasteiger partial charge in [-0.2, -0.15) is 0 Å². The zero-order chi connectivity index (χ0) is 12.7. The Labute approximate surface area is 104 Å². The van der Waals surface area contributed by atoms with E-state index in [4.69, 9.17) is 10.5 Å². The predicted molar refractivity (Wildman–Crippen MR) is 68.7 cm³/mol. The maximum atomic E-state index is 11.6. The Morgan fingerprint density at radius 3 is 2.71 bits per heavy atom. The summed E-state index contributed by atoms with van der Waals surface area (Å²) in [6, 6.07) is 0.191. The van der Waals surface area contributed by atoms with Gasteiger partial charge in [-0.25, -0.2) is 0 Å². The largest absolute Gasteiger partial charge is 0.381 e. The van der Waals surface area contributed by atoms with Crippen LogP contribution in [0.4, 0.5) is 0 Å². The van der Waals surface area contributed by atoms with Crippen molar-refractivity contribution in [2.45, 2.75) is 52.0 Å². The summed E-state index contributed by atoms with van der Waals surface area (Å²) < 4.78 is 5.34. The lowest BCUT2D eigenvalue weighted by Gasteiger charge is -2.33. The van der Waals surface area contributed by atoms with Gasteiger partial charge in [0.05, 0.1) is 0 Å². The third kappa shape index (κ3) is 6.03. The molecule has 0 aliphatic carbocycles. The van der Waals surface area contributed by atoms with Crippen LogP contribution < -0.4 is 11.1 Å². The number of carbonyl (C=O) groups excluding carboxylic acids is 1. The molecule has 1 aliphatic heterocycles. The average Bonchev–Trinajstić information content (AvgIpc) is 2.27. The minimum absolute atomic E-state index is 0.151. The second-order valence-electron chi connectivity index (χ2n) is 5.57. The van der Waals surface area contributed by atoms with Crippen LogP contribution in [-0.4, -0.2) is 31.7 Å². The van der Waals surface area contributed by atoms with Gasteiger partial charge < -0.3 is 15.8 Å². The summed E-state index contributed by atoms with van der Waals surface area (Å²) >= 11 is 0. The highest BCUT2D eigenvalue weighted by Crippen LogP contribution is 2.28. The Kier molecular flexibility index (Phi) is 5.92. The molecular weight excluding hydrogens is 216 g/mol. The first-order valence-corrected chi connectivity index (χ1v) is 6.62. The molecule has 0 bridgehead atoms. The Bertz CT molecular complexity index is 236. The van der Waals surface area contributed by atoms with Crippen molar-refractivity contribution in [2.24, 2.45) is 11.1 Å². The Balaban J connectivity index is 2.14. The van der Waals surface area contributed by atoms with Crippen LogP contribution in [0.3, 0.4) is 0 Å². The number of rotatable bonds is 6. The van der Waals surface area contributed by atoms with E-state index < -0.39 is 0 Å². The highest BCUT2D eigenvalue weighted by Gasteiger charge is 2.27.